The number of thiophene rings is 1. The molecule has 0 aromatic carbocycles. The van der Waals surface area contributed by atoms with Crippen LogP contribution in [0.3, 0.4) is 0 Å². The number of aliphatic carboxylic acids is 1. The summed E-state index contributed by atoms with van der Waals surface area (Å²) in [5.41, 5.74) is -0.535. The van der Waals surface area contributed by atoms with Crippen LogP contribution < -0.4 is 5.32 Å². The van der Waals surface area contributed by atoms with E-state index in [1.54, 1.807) is 11.3 Å². The first kappa shape index (κ1) is 16.5. The van der Waals surface area contributed by atoms with Crippen molar-refractivity contribution < 1.29 is 14.7 Å². The fraction of sp³-hybridized carbons (Fsp3) is 0.571. The van der Waals surface area contributed by atoms with Crippen LogP contribution in [0.2, 0.25) is 0 Å². The van der Waals surface area contributed by atoms with E-state index in [0.717, 1.165) is 11.3 Å². The summed E-state index contributed by atoms with van der Waals surface area (Å²) >= 11 is 1.66. The van der Waals surface area contributed by atoms with Crippen molar-refractivity contribution in [3.8, 4) is 0 Å². The Kier molecular flexibility index (Phi) is 5.56. The Bertz CT molecular complexity index is 477. The molecule has 0 saturated heterocycles. The van der Waals surface area contributed by atoms with Gasteiger partial charge < -0.3 is 15.3 Å². The number of hydrogen-bond acceptors (Lipinski definition) is 3. The molecule has 1 rings (SSSR count). The zero-order valence-corrected chi connectivity index (χ0v) is 13.2. The molecule has 1 aromatic rings. The summed E-state index contributed by atoms with van der Waals surface area (Å²) in [6.07, 6.45) is 0.978. The third-order valence-electron chi connectivity index (χ3n) is 2.83. The molecule has 0 atom stereocenters. The summed E-state index contributed by atoms with van der Waals surface area (Å²) < 4.78 is 0. The number of aryl methyl sites for hydroxylation is 1. The monoisotopic (exact) mass is 298 g/mol. The van der Waals surface area contributed by atoms with Crippen molar-refractivity contribution in [1.29, 1.82) is 0 Å². The summed E-state index contributed by atoms with van der Waals surface area (Å²) in [6.45, 7) is 7.65. The van der Waals surface area contributed by atoms with Crippen LogP contribution in [-0.4, -0.2) is 34.1 Å². The van der Waals surface area contributed by atoms with Crippen LogP contribution in [0.1, 0.15) is 37.4 Å². The van der Waals surface area contributed by atoms with E-state index in [1.165, 1.54) is 9.78 Å². The van der Waals surface area contributed by atoms with Crippen LogP contribution in [0.15, 0.2) is 12.1 Å². The highest BCUT2D eigenvalue weighted by molar-refractivity contribution is 7.11. The standard InChI is InChI=1S/C14H22N2O3S/c1-5-10-6-7-11(20-10)8-15-13(19)16(9-12(17)18)14(2,3)4/h6-7H,5,8-9H2,1-4H3,(H,15,19)(H,17,18). The van der Waals surface area contributed by atoms with Gasteiger partial charge in [0.1, 0.15) is 6.54 Å². The molecule has 0 spiro atoms. The van der Waals surface area contributed by atoms with Gasteiger partial charge >= 0.3 is 12.0 Å². The third-order valence-corrected chi connectivity index (χ3v) is 4.06. The highest BCUT2D eigenvalue weighted by Crippen LogP contribution is 2.17. The van der Waals surface area contributed by atoms with Crippen molar-refractivity contribution in [2.24, 2.45) is 0 Å². The summed E-state index contributed by atoms with van der Waals surface area (Å²) in [7, 11) is 0. The van der Waals surface area contributed by atoms with Gasteiger partial charge in [-0.05, 0) is 39.3 Å². The van der Waals surface area contributed by atoms with Crippen LogP contribution in [0.4, 0.5) is 4.79 Å². The minimum absolute atomic E-state index is 0.306. The molecular formula is C14H22N2O3S. The minimum atomic E-state index is -1.01. The molecule has 20 heavy (non-hydrogen) atoms. The van der Waals surface area contributed by atoms with Crippen LogP contribution >= 0.6 is 11.3 Å². The van der Waals surface area contributed by atoms with Crippen molar-refractivity contribution in [3.05, 3.63) is 21.9 Å². The van der Waals surface area contributed by atoms with Gasteiger partial charge in [-0.15, -0.1) is 11.3 Å². The summed E-state index contributed by atoms with van der Waals surface area (Å²) in [4.78, 5) is 26.7. The van der Waals surface area contributed by atoms with E-state index < -0.39 is 11.5 Å². The molecule has 0 bridgehead atoms. The lowest BCUT2D eigenvalue weighted by atomic mass is 10.1. The van der Waals surface area contributed by atoms with Gasteiger partial charge in [-0.2, -0.15) is 0 Å². The van der Waals surface area contributed by atoms with Gasteiger partial charge in [0, 0.05) is 15.3 Å². The second kappa shape index (κ2) is 6.74. The fourth-order valence-electron chi connectivity index (χ4n) is 1.71. The Morgan fingerprint density at radius 2 is 1.90 bits per heavy atom. The molecule has 0 fully saturated rings. The molecule has 6 heteroatoms. The number of hydrogen-bond donors (Lipinski definition) is 2. The lowest BCUT2D eigenvalue weighted by molar-refractivity contribution is -0.138. The molecule has 0 aliphatic carbocycles. The molecule has 2 N–H and O–H groups in total. The number of nitrogens with one attached hydrogen (secondary N) is 1. The van der Waals surface area contributed by atoms with Crippen LogP contribution in [-0.2, 0) is 17.8 Å². The summed E-state index contributed by atoms with van der Waals surface area (Å²) in [5, 5.41) is 11.7. The van der Waals surface area contributed by atoms with Gasteiger partial charge in [-0.1, -0.05) is 6.92 Å². The maximum Gasteiger partial charge on any atom is 0.323 e. The predicted molar refractivity (Wildman–Crippen MR) is 80.0 cm³/mol. The van der Waals surface area contributed by atoms with Crippen LogP contribution in [0.5, 0.6) is 0 Å². The molecule has 112 valence electrons. The number of carboxylic acid groups (broad SMARTS) is 1. The smallest absolute Gasteiger partial charge is 0.323 e. The first-order valence-electron chi connectivity index (χ1n) is 6.59. The van der Waals surface area contributed by atoms with E-state index in [-0.39, 0.29) is 12.6 Å². The lowest BCUT2D eigenvalue weighted by Gasteiger charge is -2.34. The van der Waals surface area contributed by atoms with E-state index in [1.807, 2.05) is 32.9 Å². The van der Waals surface area contributed by atoms with E-state index in [9.17, 15) is 9.59 Å². The normalized spacial score (nSPS) is 11.2. The Morgan fingerprint density at radius 1 is 1.30 bits per heavy atom. The highest BCUT2D eigenvalue weighted by atomic mass is 32.1. The highest BCUT2D eigenvalue weighted by Gasteiger charge is 2.28. The van der Waals surface area contributed by atoms with Gasteiger partial charge in [0.25, 0.3) is 0 Å². The maximum atomic E-state index is 12.1. The molecule has 0 radical (unpaired) electrons. The van der Waals surface area contributed by atoms with E-state index in [2.05, 4.69) is 12.2 Å². The van der Waals surface area contributed by atoms with Gasteiger partial charge in [-0.25, -0.2) is 4.79 Å². The summed E-state index contributed by atoms with van der Waals surface area (Å²) in [5.74, 6) is -1.01. The number of urea groups is 1. The third kappa shape index (κ3) is 4.85. The predicted octanol–water partition coefficient (Wildman–Crippen LogP) is 2.71. The van der Waals surface area contributed by atoms with E-state index in [4.69, 9.17) is 5.11 Å². The molecule has 2 amide bonds. The second-order valence-electron chi connectivity index (χ2n) is 5.53. The van der Waals surface area contributed by atoms with Crippen LogP contribution in [0.25, 0.3) is 0 Å². The number of carbonyl (C=O) groups excluding carboxylic acids is 1. The molecule has 5 nitrogen and oxygen atoms in total. The molecule has 0 aliphatic heterocycles. The largest absolute Gasteiger partial charge is 0.480 e. The number of rotatable bonds is 5. The Hall–Kier alpha value is -1.56. The molecule has 0 unspecified atom stereocenters. The van der Waals surface area contributed by atoms with Crippen molar-refractivity contribution in [2.45, 2.75) is 46.2 Å². The zero-order valence-electron chi connectivity index (χ0n) is 12.4. The van der Waals surface area contributed by atoms with Gasteiger partial charge in [0.15, 0.2) is 0 Å². The molecular weight excluding hydrogens is 276 g/mol. The minimum Gasteiger partial charge on any atom is -0.480 e. The first-order chi connectivity index (χ1) is 9.24. The Balaban J connectivity index is 2.64. The average molecular weight is 298 g/mol. The van der Waals surface area contributed by atoms with Crippen molar-refractivity contribution >= 4 is 23.3 Å². The molecule has 1 aromatic heterocycles. The average Bonchev–Trinajstić information content (AvgIpc) is 2.79. The molecule has 1 heterocycles. The number of carbonyl (C=O) groups is 2. The van der Waals surface area contributed by atoms with Gasteiger partial charge in [0.2, 0.25) is 0 Å². The quantitative estimate of drug-likeness (QED) is 0.878. The Labute approximate surface area is 123 Å². The molecule has 0 aliphatic rings. The topological polar surface area (TPSA) is 69.6 Å². The van der Waals surface area contributed by atoms with Crippen molar-refractivity contribution in [3.63, 3.8) is 0 Å². The maximum absolute atomic E-state index is 12.1. The number of nitrogens with zero attached hydrogens (tertiary/aromatic N) is 1. The van der Waals surface area contributed by atoms with Gasteiger partial charge in [-0.3, -0.25) is 4.79 Å². The Morgan fingerprint density at radius 3 is 2.35 bits per heavy atom. The fourth-order valence-corrected chi connectivity index (χ4v) is 2.61. The van der Waals surface area contributed by atoms with Gasteiger partial charge in [0.05, 0.1) is 6.54 Å². The first-order valence-corrected chi connectivity index (χ1v) is 7.40. The second-order valence-corrected chi connectivity index (χ2v) is 6.78. The zero-order chi connectivity index (χ0) is 15.3. The lowest BCUT2D eigenvalue weighted by Crippen LogP contribution is -2.52. The number of carboxylic acids is 1. The van der Waals surface area contributed by atoms with Crippen molar-refractivity contribution in [1.82, 2.24) is 10.2 Å². The summed E-state index contributed by atoms with van der Waals surface area (Å²) in [6, 6.07) is 3.68. The van der Waals surface area contributed by atoms with E-state index >= 15 is 0 Å². The van der Waals surface area contributed by atoms with E-state index in [0.29, 0.717) is 6.54 Å². The molecule has 0 saturated carbocycles. The SMILES string of the molecule is CCc1ccc(CNC(=O)N(CC(=O)O)C(C)(C)C)s1. The number of amides is 2. The van der Waals surface area contributed by atoms with Crippen molar-refractivity contribution in [2.75, 3.05) is 6.54 Å². The van der Waals surface area contributed by atoms with Crippen LogP contribution in [0, 0.1) is 0 Å².